The predicted molar refractivity (Wildman–Crippen MR) is 106 cm³/mol. The van der Waals surface area contributed by atoms with Gasteiger partial charge in [0.2, 0.25) is 5.91 Å². The van der Waals surface area contributed by atoms with E-state index in [2.05, 4.69) is 10.3 Å². The fraction of sp³-hybridized carbons (Fsp3) is 0.222. The van der Waals surface area contributed by atoms with Gasteiger partial charge in [0.1, 0.15) is 0 Å². The summed E-state index contributed by atoms with van der Waals surface area (Å²) in [6.07, 6.45) is 1.17. The van der Waals surface area contributed by atoms with Gasteiger partial charge in [-0.1, -0.05) is 36.0 Å². The van der Waals surface area contributed by atoms with Crippen LogP contribution in [0.2, 0.25) is 0 Å². The van der Waals surface area contributed by atoms with Crippen LogP contribution in [0.5, 0.6) is 0 Å². The van der Waals surface area contributed by atoms with E-state index in [0.717, 1.165) is 20.1 Å². The van der Waals surface area contributed by atoms with Gasteiger partial charge >= 0.3 is 0 Å². The molecule has 0 saturated carbocycles. The van der Waals surface area contributed by atoms with E-state index in [1.54, 1.807) is 35.6 Å². The molecule has 0 bridgehead atoms. The zero-order valence-electron chi connectivity index (χ0n) is 14.3. The van der Waals surface area contributed by atoms with Crippen molar-refractivity contribution in [1.29, 1.82) is 0 Å². The summed E-state index contributed by atoms with van der Waals surface area (Å²) in [5.41, 5.74) is 1.80. The predicted octanol–water partition coefficient (Wildman–Crippen LogP) is 3.67. The average molecular weight is 407 g/mol. The monoisotopic (exact) mass is 406 g/mol. The number of para-hydroxylation sites is 1. The molecular formula is C18H18N2O3S3. The fourth-order valence-electron chi connectivity index (χ4n) is 2.41. The first-order chi connectivity index (χ1) is 12.3. The van der Waals surface area contributed by atoms with Crippen LogP contribution in [0.1, 0.15) is 18.5 Å². The molecule has 0 fully saturated rings. The largest absolute Gasteiger partial charge is 0.349 e. The highest BCUT2D eigenvalue weighted by molar-refractivity contribution is 8.01. The standard InChI is InChI=1S/C18H18N2O3S3/c1-12(13-7-9-14(10-8-13)26(2,22)23)19-17(21)11-24-18-20-15-5-3-4-6-16(15)25-18/h3-10,12H,11H2,1-2H3,(H,19,21). The van der Waals surface area contributed by atoms with E-state index in [1.807, 2.05) is 31.2 Å². The summed E-state index contributed by atoms with van der Waals surface area (Å²) in [6.45, 7) is 1.87. The number of nitrogens with one attached hydrogen (secondary N) is 1. The van der Waals surface area contributed by atoms with Gasteiger partial charge in [0, 0.05) is 6.26 Å². The minimum Gasteiger partial charge on any atom is -0.349 e. The first-order valence-corrected chi connectivity index (χ1v) is 11.6. The van der Waals surface area contributed by atoms with E-state index < -0.39 is 9.84 Å². The lowest BCUT2D eigenvalue weighted by atomic mass is 10.1. The summed E-state index contributed by atoms with van der Waals surface area (Å²) in [5, 5.41) is 2.93. The van der Waals surface area contributed by atoms with Crippen LogP contribution in [0.15, 0.2) is 57.8 Å². The zero-order chi connectivity index (χ0) is 18.7. The maximum Gasteiger partial charge on any atom is 0.230 e. The number of rotatable bonds is 6. The van der Waals surface area contributed by atoms with Crippen LogP contribution in [-0.4, -0.2) is 31.3 Å². The smallest absolute Gasteiger partial charge is 0.230 e. The van der Waals surface area contributed by atoms with Crippen LogP contribution in [0.3, 0.4) is 0 Å². The maximum absolute atomic E-state index is 12.2. The molecule has 3 rings (SSSR count). The Kier molecular flexibility index (Phi) is 5.64. The molecule has 0 saturated heterocycles. The summed E-state index contributed by atoms with van der Waals surface area (Å²) < 4.78 is 25.0. The van der Waals surface area contributed by atoms with Crippen molar-refractivity contribution in [3.8, 4) is 0 Å². The van der Waals surface area contributed by atoms with Gasteiger partial charge in [0.15, 0.2) is 14.2 Å². The zero-order valence-corrected chi connectivity index (χ0v) is 16.7. The molecular weight excluding hydrogens is 388 g/mol. The number of aromatic nitrogens is 1. The van der Waals surface area contributed by atoms with E-state index in [0.29, 0.717) is 0 Å². The summed E-state index contributed by atoms with van der Waals surface area (Å²) in [7, 11) is -3.22. The second kappa shape index (κ2) is 7.77. The van der Waals surface area contributed by atoms with Gasteiger partial charge in [-0.3, -0.25) is 4.79 Å². The van der Waals surface area contributed by atoms with Gasteiger partial charge in [0.25, 0.3) is 0 Å². The number of benzene rings is 2. The van der Waals surface area contributed by atoms with E-state index >= 15 is 0 Å². The number of thioether (sulfide) groups is 1. The number of carbonyl (C=O) groups is 1. The summed E-state index contributed by atoms with van der Waals surface area (Å²) in [4.78, 5) is 17.0. The lowest BCUT2D eigenvalue weighted by Crippen LogP contribution is -2.28. The van der Waals surface area contributed by atoms with Crippen LogP contribution in [-0.2, 0) is 14.6 Å². The Bertz CT molecular complexity index is 994. The second-order valence-electron chi connectivity index (χ2n) is 5.87. The molecule has 1 heterocycles. The van der Waals surface area contributed by atoms with Crippen molar-refractivity contribution in [3.63, 3.8) is 0 Å². The number of hydrogen-bond acceptors (Lipinski definition) is 6. The van der Waals surface area contributed by atoms with Crippen LogP contribution in [0.4, 0.5) is 0 Å². The molecule has 1 amide bonds. The molecule has 3 aromatic rings. The Morgan fingerprint density at radius 2 is 1.88 bits per heavy atom. The number of amides is 1. The molecule has 1 atom stereocenters. The van der Waals surface area contributed by atoms with Crippen LogP contribution >= 0.6 is 23.1 Å². The Morgan fingerprint density at radius 3 is 2.54 bits per heavy atom. The lowest BCUT2D eigenvalue weighted by Gasteiger charge is -2.14. The number of carbonyl (C=O) groups excluding carboxylic acids is 1. The van der Waals surface area contributed by atoms with Gasteiger partial charge < -0.3 is 5.32 Å². The van der Waals surface area contributed by atoms with Gasteiger partial charge in [-0.2, -0.15) is 0 Å². The molecule has 0 aliphatic rings. The molecule has 136 valence electrons. The van der Waals surface area contributed by atoms with E-state index in [4.69, 9.17) is 0 Å². The molecule has 0 radical (unpaired) electrons. The highest BCUT2D eigenvalue weighted by Gasteiger charge is 2.13. The minimum atomic E-state index is -3.22. The summed E-state index contributed by atoms with van der Waals surface area (Å²) >= 11 is 2.99. The molecule has 0 aliphatic heterocycles. The van der Waals surface area contributed by atoms with Gasteiger partial charge in [-0.25, -0.2) is 13.4 Å². The second-order valence-corrected chi connectivity index (χ2v) is 10.1. The van der Waals surface area contributed by atoms with Gasteiger partial charge in [-0.05, 0) is 36.8 Å². The highest BCUT2D eigenvalue weighted by atomic mass is 32.2. The quantitative estimate of drug-likeness (QED) is 0.632. The molecule has 1 aromatic heterocycles. The first-order valence-electron chi connectivity index (χ1n) is 7.91. The van der Waals surface area contributed by atoms with Gasteiger partial charge in [0.05, 0.1) is 26.9 Å². The number of fused-ring (bicyclic) bond motifs is 1. The third-order valence-corrected chi connectivity index (χ3v) is 7.09. The fourth-order valence-corrected chi connectivity index (χ4v) is 4.92. The van der Waals surface area contributed by atoms with Crippen LogP contribution < -0.4 is 5.32 Å². The molecule has 1 unspecified atom stereocenters. The molecule has 0 aliphatic carbocycles. The lowest BCUT2D eigenvalue weighted by molar-refractivity contribution is -0.119. The van der Waals surface area contributed by atoms with Crippen molar-refractivity contribution in [3.05, 3.63) is 54.1 Å². The number of hydrogen-bond donors (Lipinski definition) is 1. The highest BCUT2D eigenvalue weighted by Crippen LogP contribution is 2.29. The van der Waals surface area contributed by atoms with Crippen molar-refractivity contribution >= 4 is 49.1 Å². The Balaban J connectivity index is 1.57. The Hall–Kier alpha value is -1.90. The number of nitrogens with zero attached hydrogens (tertiary/aromatic N) is 1. The molecule has 26 heavy (non-hydrogen) atoms. The molecule has 2 aromatic carbocycles. The van der Waals surface area contributed by atoms with Crippen LogP contribution in [0.25, 0.3) is 10.2 Å². The SMILES string of the molecule is CC(NC(=O)CSc1nc2ccccc2s1)c1ccc(S(C)(=O)=O)cc1. The Morgan fingerprint density at radius 1 is 1.19 bits per heavy atom. The van der Waals surface area contributed by atoms with E-state index in [1.165, 1.54) is 18.0 Å². The normalized spacial score (nSPS) is 12.8. The van der Waals surface area contributed by atoms with Crippen molar-refractivity contribution in [2.24, 2.45) is 0 Å². The van der Waals surface area contributed by atoms with E-state index in [-0.39, 0.29) is 22.6 Å². The van der Waals surface area contributed by atoms with Crippen molar-refractivity contribution < 1.29 is 13.2 Å². The van der Waals surface area contributed by atoms with Gasteiger partial charge in [-0.15, -0.1) is 11.3 Å². The third kappa shape index (κ3) is 4.63. The third-order valence-electron chi connectivity index (χ3n) is 3.79. The summed E-state index contributed by atoms with van der Waals surface area (Å²) in [5.74, 6) is 0.194. The molecule has 8 heteroatoms. The number of sulfone groups is 1. The van der Waals surface area contributed by atoms with Crippen LogP contribution in [0, 0.1) is 0 Å². The van der Waals surface area contributed by atoms with Crippen molar-refractivity contribution in [2.75, 3.05) is 12.0 Å². The maximum atomic E-state index is 12.2. The Labute approximate surface area is 160 Å². The topological polar surface area (TPSA) is 76.1 Å². The minimum absolute atomic E-state index is 0.0889. The van der Waals surface area contributed by atoms with Crippen molar-refractivity contribution in [2.45, 2.75) is 22.2 Å². The van der Waals surface area contributed by atoms with Crippen molar-refractivity contribution in [1.82, 2.24) is 10.3 Å². The first kappa shape index (κ1) is 18.9. The summed E-state index contributed by atoms with van der Waals surface area (Å²) in [6, 6.07) is 14.2. The molecule has 0 spiro atoms. The molecule has 1 N–H and O–H groups in total. The molecule has 5 nitrogen and oxygen atoms in total. The average Bonchev–Trinajstić information content (AvgIpc) is 3.02. The number of thiazole rings is 1. The van der Waals surface area contributed by atoms with E-state index in [9.17, 15) is 13.2 Å².